The van der Waals surface area contributed by atoms with Crippen molar-refractivity contribution in [1.82, 2.24) is 4.31 Å². The molecule has 0 bridgehead atoms. The normalized spacial score (nSPS) is 19.8. The molecule has 0 saturated heterocycles. The summed E-state index contributed by atoms with van der Waals surface area (Å²) in [6, 6.07) is 3.62. The van der Waals surface area contributed by atoms with Gasteiger partial charge in [0.15, 0.2) is 15.5 Å². The topological polar surface area (TPSA) is 110 Å². The number of nitro groups is 1. The smallest absolute Gasteiger partial charge is 0.289 e. The van der Waals surface area contributed by atoms with Gasteiger partial charge in [-0.15, -0.1) is 0 Å². The standard InChI is InChI=1S/C14H15Cl2N3O5S/c1-8(20)11-14(2,3)17-13(12(15)16)18(11)25(23,24)10-7-5-4-6-9(10)19(21)22/h4-7,11-12H,1-3H3/t11-/m1/s1. The zero-order valence-corrected chi connectivity index (χ0v) is 15.8. The van der Waals surface area contributed by atoms with Gasteiger partial charge in [-0.2, -0.15) is 0 Å². The van der Waals surface area contributed by atoms with E-state index in [1.807, 2.05) is 0 Å². The second kappa shape index (κ2) is 6.54. The highest BCUT2D eigenvalue weighted by atomic mass is 35.5. The summed E-state index contributed by atoms with van der Waals surface area (Å²) < 4.78 is 27.0. The van der Waals surface area contributed by atoms with E-state index in [4.69, 9.17) is 23.2 Å². The number of Topliss-reactive ketones (excluding diaryl/α,β-unsaturated/α-hetero) is 1. The van der Waals surface area contributed by atoms with Crippen LogP contribution in [0.1, 0.15) is 20.8 Å². The van der Waals surface area contributed by atoms with Gasteiger partial charge in [0.25, 0.3) is 15.7 Å². The summed E-state index contributed by atoms with van der Waals surface area (Å²) in [6.07, 6.45) is 0. The molecule has 0 spiro atoms. The van der Waals surface area contributed by atoms with E-state index in [1.165, 1.54) is 19.1 Å². The summed E-state index contributed by atoms with van der Waals surface area (Å²) in [5.41, 5.74) is -1.74. The van der Waals surface area contributed by atoms with Crippen molar-refractivity contribution in [3.05, 3.63) is 34.4 Å². The van der Waals surface area contributed by atoms with Crippen LogP contribution >= 0.6 is 23.2 Å². The zero-order chi connectivity index (χ0) is 19.2. The summed E-state index contributed by atoms with van der Waals surface area (Å²) in [4.78, 5) is 24.8. The Balaban J connectivity index is 2.74. The molecule has 1 aromatic carbocycles. The summed E-state index contributed by atoms with van der Waals surface area (Å²) >= 11 is 11.7. The van der Waals surface area contributed by atoms with Crippen LogP contribution in [0.5, 0.6) is 0 Å². The van der Waals surface area contributed by atoms with Crippen LogP contribution < -0.4 is 0 Å². The lowest BCUT2D eigenvalue weighted by atomic mass is 9.94. The van der Waals surface area contributed by atoms with Crippen LogP contribution in [0.3, 0.4) is 0 Å². The van der Waals surface area contributed by atoms with Gasteiger partial charge in [0.2, 0.25) is 0 Å². The molecule has 0 unspecified atom stereocenters. The molecule has 25 heavy (non-hydrogen) atoms. The number of aliphatic imine (C=N–C) groups is 1. The van der Waals surface area contributed by atoms with E-state index < -0.39 is 47.7 Å². The Kier molecular flexibility index (Phi) is 5.13. The van der Waals surface area contributed by atoms with E-state index in [-0.39, 0.29) is 5.84 Å². The molecular formula is C14H15Cl2N3O5S. The minimum atomic E-state index is -4.50. The predicted molar refractivity (Wildman–Crippen MR) is 93.6 cm³/mol. The minimum absolute atomic E-state index is 0.244. The van der Waals surface area contributed by atoms with Gasteiger partial charge in [-0.3, -0.25) is 19.9 Å². The zero-order valence-electron chi connectivity index (χ0n) is 13.5. The number of nitrogens with zero attached hydrogens (tertiary/aromatic N) is 3. The van der Waals surface area contributed by atoms with E-state index in [2.05, 4.69) is 4.99 Å². The molecule has 0 aromatic heterocycles. The molecule has 0 N–H and O–H groups in total. The molecule has 8 nitrogen and oxygen atoms in total. The Morgan fingerprint density at radius 2 is 1.92 bits per heavy atom. The average molecular weight is 408 g/mol. The lowest BCUT2D eigenvalue weighted by molar-refractivity contribution is -0.387. The van der Waals surface area contributed by atoms with Crippen molar-refractivity contribution in [2.24, 2.45) is 4.99 Å². The Bertz CT molecular complexity index is 867. The van der Waals surface area contributed by atoms with Crippen LogP contribution in [-0.4, -0.2) is 45.7 Å². The molecule has 136 valence electrons. The number of hydrogen-bond donors (Lipinski definition) is 0. The molecular weight excluding hydrogens is 393 g/mol. The van der Waals surface area contributed by atoms with Crippen molar-refractivity contribution in [1.29, 1.82) is 0 Å². The number of halogens is 2. The van der Waals surface area contributed by atoms with E-state index in [0.29, 0.717) is 4.31 Å². The number of rotatable bonds is 5. The maximum atomic E-state index is 13.1. The molecule has 0 saturated carbocycles. The average Bonchev–Trinajstić information content (AvgIpc) is 2.79. The molecule has 2 rings (SSSR count). The number of carbonyl (C=O) groups is 1. The number of amidine groups is 1. The number of ketones is 1. The monoisotopic (exact) mass is 407 g/mol. The number of benzene rings is 1. The summed E-state index contributed by atoms with van der Waals surface area (Å²) in [5, 5.41) is 11.2. The molecule has 1 atom stereocenters. The van der Waals surface area contributed by atoms with Crippen LogP contribution in [0.2, 0.25) is 0 Å². The molecule has 0 radical (unpaired) electrons. The third-order valence-corrected chi connectivity index (χ3v) is 5.92. The first-order valence-corrected chi connectivity index (χ1v) is 9.38. The Morgan fingerprint density at radius 1 is 1.36 bits per heavy atom. The van der Waals surface area contributed by atoms with E-state index >= 15 is 0 Å². The first-order chi connectivity index (χ1) is 11.4. The largest absolute Gasteiger partial charge is 0.298 e. The molecule has 1 aliphatic rings. The number of nitro benzene ring substituents is 1. The van der Waals surface area contributed by atoms with Gasteiger partial charge in [0.05, 0.1) is 10.5 Å². The van der Waals surface area contributed by atoms with Crippen molar-refractivity contribution >= 4 is 50.5 Å². The van der Waals surface area contributed by atoms with Crippen molar-refractivity contribution < 1.29 is 18.1 Å². The van der Waals surface area contributed by atoms with Crippen molar-refractivity contribution in [2.75, 3.05) is 0 Å². The number of para-hydroxylation sites is 1. The van der Waals surface area contributed by atoms with Crippen molar-refractivity contribution in [3.63, 3.8) is 0 Å². The van der Waals surface area contributed by atoms with Gasteiger partial charge in [0, 0.05) is 6.07 Å². The van der Waals surface area contributed by atoms with Crippen molar-refractivity contribution in [2.45, 2.75) is 42.1 Å². The molecule has 1 aromatic rings. The number of carbonyl (C=O) groups excluding carboxylic acids is 1. The van der Waals surface area contributed by atoms with Gasteiger partial charge in [-0.05, 0) is 26.8 Å². The summed E-state index contributed by atoms with van der Waals surface area (Å²) in [7, 11) is -4.50. The third kappa shape index (κ3) is 3.36. The van der Waals surface area contributed by atoms with Gasteiger partial charge >= 0.3 is 0 Å². The maximum absolute atomic E-state index is 13.1. The Morgan fingerprint density at radius 3 is 2.40 bits per heavy atom. The molecule has 0 aliphatic carbocycles. The number of hydrogen-bond acceptors (Lipinski definition) is 6. The molecule has 11 heteroatoms. The van der Waals surface area contributed by atoms with Gasteiger partial charge in [-0.25, -0.2) is 12.7 Å². The fraction of sp³-hybridized carbons (Fsp3) is 0.429. The van der Waals surface area contributed by atoms with Crippen LogP contribution in [0.4, 0.5) is 5.69 Å². The molecule has 0 fully saturated rings. The van der Waals surface area contributed by atoms with Gasteiger partial charge in [0.1, 0.15) is 11.9 Å². The second-order valence-corrected chi connectivity index (χ2v) is 8.84. The van der Waals surface area contributed by atoms with Crippen LogP contribution in [0.15, 0.2) is 34.2 Å². The fourth-order valence-electron chi connectivity index (χ4n) is 2.83. The Hall–Kier alpha value is -1.71. The second-order valence-electron chi connectivity index (χ2n) is 5.96. The molecule has 1 aliphatic heterocycles. The highest BCUT2D eigenvalue weighted by Crippen LogP contribution is 2.38. The van der Waals surface area contributed by atoms with Crippen LogP contribution in [0.25, 0.3) is 0 Å². The van der Waals surface area contributed by atoms with Crippen LogP contribution in [0, 0.1) is 10.1 Å². The van der Waals surface area contributed by atoms with E-state index in [0.717, 1.165) is 12.1 Å². The SMILES string of the molecule is CC(=O)[C@H]1N(S(=O)(=O)c2ccccc2[N+](=O)[O-])C(C(Cl)Cl)=NC1(C)C. The molecule has 0 amide bonds. The van der Waals surface area contributed by atoms with E-state index in [1.54, 1.807) is 13.8 Å². The van der Waals surface area contributed by atoms with Crippen LogP contribution in [-0.2, 0) is 14.8 Å². The van der Waals surface area contributed by atoms with E-state index in [9.17, 15) is 23.3 Å². The first kappa shape index (κ1) is 19.6. The first-order valence-electron chi connectivity index (χ1n) is 7.07. The lowest BCUT2D eigenvalue weighted by Gasteiger charge is -2.31. The van der Waals surface area contributed by atoms with Gasteiger partial charge in [-0.1, -0.05) is 35.3 Å². The minimum Gasteiger partial charge on any atom is -0.298 e. The summed E-state index contributed by atoms with van der Waals surface area (Å²) in [5.74, 6) is -0.730. The number of alkyl halides is 2. The predicted octanol–water partition coefficient (Wildman–Crippen LogP) is 2.54. The van der Waals surface area contributed by atoms with Crippen molar-refractivity contribution in [3.8, 4) is 0 Å². The molecule has 1 heterocycles. The Labute approximate surface area is 154 Å². The fourth-order valence-corrected chi connectivity index (χ4v) is 5.20. The third-order valence-electron chi connectivity index (χ3n) is 3.71. The maximum Gasteiger partial charge on any atom is 0.289 e. The number of sulfonamides is 1. The highest BCUT2D eigenvalue weighted by Gasteiger charge is 2.52. The quantitative estimate of drug-likeness (QED) is 0.423. The van der Waals surface area contributed by atoms with Gasteiger partial charge < -0.3 is 0 Å². The highest BCUT2D eigenvalue weighted by molar-refractivity contribution is 7.90. The lowest BCUT2D eigenvalue weighted by Crippen LogP contribution is -2.52. The summed E-state index contributed by atoms with van der Waals surface area (Å²) in [6.45, 7) is 4.33.